The Kier molecular flexibility index (Phi) is 6.15. The third-order valence-corrected chi connectivity index (χ3v) is 1.89. The van der Waals surface area contributed by atoms with E-state index in [4.69, 9.17) is 5.73 Å². The zero-order valence-corrected chi connectivity index (χ0v) is 7.75. The number of rotatable bonds is 5. The normalized spacial score (nSPS) is 10.9. The predicted molar refractivity (Wildman–Crippen MR) is 48.1 cm³/mol. The van der Waals surface area contributed by atoms with Gasteiger partial charge in [-0.3, -0.25) is 4.79 Å². The maximum Gasteiger partial charge on any atom is 0.310 e. The van der Waals surface area contributed by atoms with Crippen LogP contribution in [0.15, 0.2) is 12.5 Å². The molecule has 3 nitrogen and oxygen atoms in total. The summed E-state index contributed by atoms with van der Waals surface area (Å²) in [6.45, 7) is 4.14. The van der Waals surface area contributed by atoms with Crippen molar-refractivity contribution >= 4 is 5.97 Å². The van der Waals surface area contributed by atoms with E-state index in [-0.39, 0.29) is 5.97 Å². The van der Waals surface area contributed by atoms with Crippen LogP contribution in [0.3, 0.4) is 0 Å². The quantitative estimate of drug-likeness (QED) is 0.506. The van der Waals surface area contributed by atoms with Gasteiger partial charge in [-0.05, 0) is 5.92 Å². The van der Waals surface area contributed by atoms with Gasteiger partial charge in [-0.25, -0.2) is 0 Å². The maximum absolute atomic E-state index is 11.0. The van der Waals surface area contributed by atoms with Gasteiger partial charge in [0, 0.05) is 12.6 Å². The number of hydrogen-bond acceptors (Lipinski definition) is 3. The number of carbonyl (C=O) groups is 1. The van der Waals surface area contributed by atoms with E-state index >= 15 is 0 Å². The second kappa shape index (κ2) is 6.70. The van der Waals surface area contributed by atoms with Gasteiger partial charge in [-0.2, -0.15) is 0 Å². The highest BCUT2D eigenvalue weighted by molar-refractivity contribution is 5.70. The molecule has 0 spiro atoms. The minimum atomic E-state index is -0.203. The summed E-state index contributed by atoms with van der Waals surface area (Å²) in [5.41, 5.74) is 5.01. The van der Waals surface area contributed by atoms with Crippen LogP contribution in [-0.2, 0) is 9.53 Å². The number of ether oxygens (including phenoxy) is 1. The average Bonchev–Trinajstić information content (AvgIpc) is 2.10. The highest BCUT2D eigenvalue weighted by Crippen LogP contribution is 2.12. The molecule has 0 aromatic heterocycles. The Morgan fingerprint density at radius 1 is 1.50 bits per heavy atom. The molecule has 0 atom stereocenters. The molecular weight excluding hydrogens is 154 g/mol. The summed E-state index contributed by atoms with van der Waals surface area (Å²) < 4.78 is 4.68. The summed E-state index contributed by atoms with van der Waals surface area (Å²) in [5, 5.41) is 0. The Hall–Kier alpha value is -0.990. The van der Waals surface area contributed by atoms with Crippen LogP contribution < -0.4 is 5.73 Å². The standard InChI is InChI=1S/C9H17NO2/c1-3-8(4-2)7-9(11)12-6-5-10/h5-6,8H,3-4,7,10H2,1-2H3. The van der Waals surface area contributed by atoms with E-state index in [1.807, 2.05) is 0 Å². The molecule has 0 aliphatic rings. The summed E-state index contributed by atoms with van der Waals surface area (Å²) in [4.78, 5) is 11.0. The Bertz CT molecular complexity index is 151. The van der Waals surface area contributed by atoms with Gasteiger partial charge in [0.1, 0.15) is 6.26 Å². The van der Waals surface area contributed by atoms with Crippen molar-refractivity contribution in [2.75, 3.05) is 0 Å². The average molecular weight is 171 g/mol. The maximum atomic E-state index is 11.0. The molecule has 0 bridgehead atoms. The molecule has 0 unspecified atom stereocenters. The molecule has 0 aromatic carbocycles. The van der Waals surface area contributed by atoms with E-state index < -0.39 is 0 Å². The van der Waals surface area contributed by atoms with Crippen molar-refractivity contribution in [1.29, 1.82) is 0 Å². The summed E-state index contributed by atoms with van der Waals surface area (Å²) in [6, 6.07) is 0. The first-order valence-electron chi connectivity index (χ1n) is 4.30. The highest BCUT2D eigenvalue weighted by atomic mass is 16.5. The lowest BCUT2D eigenvalue weighted by Crippen LogP contribution is -2.08. The first kappa shape index (κ1) is 11.0. The van der Waals surface area contributed by atoms with Crippen molar-refractivity contribution in [2.45, 2.75) is 33.1 Å². The largest absolute Gasteiger partial charge is 0.433 e. The van der Waals surface area contributed by atoms with Gasteiger partial charge in [-0.1, -0.05) is 26.7 Å². The van der Waals surface area contributed by atoms with Crippen LogP contribution in [0.5, 0.6) is 0 Å². The molecule has 2 N–H and O–H groups in total. The first-order chi connectivity index (χ1) is 5.74. The lowest BCUT2D eigenvalue weighted by atomic mass is 10.00. The molecule has 12 heavy (non-hydrogen) atoms. The molecule has 0 fully saturated rings. The van der Waals surface area contributed by atoms with E-state index in [0.717, 1.165) is 12.8 Å². The summed E-state index contributed by atoms with van der Waals surface area (Å²) >= 11 is 0. The third-order valence-electron chi connectivity index (χ3n) is 1.89. The number of nitrogens with two attached hydrogens (primary N) is 1. The molecule has 0 heterocycles. The van der Waals surface area contributed by atoms with Crippen molar-refractivity contribution in [3.63, 3.8) is 0 Å². The van der Waals surface area contributed by atoms with Crippen molar-refractivity contribution in [2.24, 2.45) is 11.7 Å². The van der Waals surface area contributed by atoms with Gasteiger partial charge >= 0.3 is 5.97 Å². The van der Waals surface area contributed by atoms with E-state index in [9.17, 15) is 4.79 Å². The second-order valence-corrected chi connectivity index (χ2v) is 2.71. The van der Waals surface area contributed by atoms with Crippen LogP contribution in [0.1, 0.15) is 33.1 Å². The van der Waals surface area contributed by atoms with Gasteiger partial charge in [0.2, 0.25) is 0 Å². The van der Waals surface area contributed by atoms with Crippen LogP contribution in [0.4, 0.5) is 0 Å². The molecule has 0 saturated heterocycles. The van der Waals surface area contributed by atoms with Gasteiger partial charge in [-0.15, -0.1) is 0 Å². The van der Waals surface area contributed by atoms with Crippen LogP contribution in [0.2, 0.25) is 0 Å². The summed E-state index contributed by atoms with van der Waals surface area (Å²) in [6.07, 6.45) is 4.93. The Balaban J connectivity index is 3.66. The zero-order valence-electron chi connectivity index (χ0n) is 7.75. The molecule has 0 saturated carbocycles. The van der Waals surface area contributed by atoms with Crippen LogP contribution >= 0.6 is 0 Å². The van der Waals surface area contributed by atoms with E-state index in [2.05, 4.69) is 18.6 Å². The third kappa shape index (κ3) is 4.77. The lowest BCUT2D eigenvalue weighted by molar-refractivity contribution is -0.139. The lowest BCUT2D eigenvalue weighted by Gasteiger charge is -2.09. The Morgan fingerprint density at radius 2 is 2.08 bits per heavy atom. The molecule has 0 radical (unpaired) electrons. The van der Waals surface area contributed by atoms with Crippen LogP contribution in [-0.4, -0.2) is 5.97 Å². The number of esters is 1. The predicted octanol–water partition coefficient (Wildman–Crippen LogP) is 1.79. The molecule has 0 amide bonds. The fraction of sp³-hybridized carbons (Fsp3) is 0.667. The minimum Gasteiger partial charge on any atom is -0.433 e. The summed E-state index contributed by atoms with van der Waals surface area (Å²) in [7, 11) is 0. The molecular formula is C9H17NO2. The van der Waals surface area contributed by atoms with Crippen molar-refractivity contribution in [3.8, 4) is 0 Å². The van der Waals surface area contributed by atoms with Gasteiger partial charge in [0.05, 0.1) is 0 Å². The van der Waals surface area contributed by atoms with Gasteiger partial charge in [0.15, 0.2) is 0 Å². The van der Waals surface area contributed by atoms with Gasteiger partial charge < -0.3 is 10.5 Å². The fourth-order valence-corrected chi connectivity index (χ4v) is 0.976. The fourth-order valence-electron chi connectivity index (χ4n) is 0.976. The SMILES string of the molecule is CCC(CC)CC(=O)OC=CN. The number of carbonyl (C=O) groups excluding carboxylic acids is 1. The van der Waals surface area contributed by atoms with Crippen molar-refractivity contribution < 1.29 is 9.53 Å². The van der Waals surface area contributed by atoms with Crippen LogP contribution in [0.25, 0.3) is 0 Å². The van der Waals surface area contributed by atoms with E-state index in [0.29, 0.717) is 12.3 Å². The molecule has 0 aliphatic carbocycles. The topological polar surface area (TPSA) is 52.3 Å². The molecule has 0 aliphatic heterocycles. The van der Waals surface area contributed by atoms with Crippen LogP contribution in [0, 0.1) is 5.92 Å². The molecule has 3 heteroatoms. The first-order valence-corrected chi connectivity index (χ1v) is 4.30. The minimum absolute atomic E-state index is 0.203. The van der Waals surface area contributed by atoms with E-state index in [1.165, 1.54) is 12.5 Å². The highest BCUT2D eigenvalue weighted by Gasteiger charge is 2.09. The monoisotopic (exact) mass is 171 g/mol. The van der Waals surface area contributed by atoms with Crippen molar-refractivity contribution in [3.05, 3.63) is 12.5 Å². The molecule has 0 rings (SSSR count). The van der Waals surface area contributed by atoms with Gasteiger partial charge in [0.25, 0.3) is 0 Å². The molecule has 70 valence electrons. The molecule has 0 aromatic rings. The Labute approximate surface area is 73.6 Å². The summed E-state index contributed by atoms with van der Waals surface area (Å²) in [5.74, 6) is 0.231. The zero-order chi connectivity index (χ0) is 9.40. The smallest absolute Gasteiger partial charge is 0.310 e. The Morgan fingerprint density at radius 3 is 2.50 bits per heavy atom. The van der Waals surface area contributed by atoms with Crippen molar-refractivity contribution in [1.82, 2.24) is 0 Å². The second-order valence-electron chi connectivity index (χ2n) is 2.71. The van der Waals surface area contributed by atoms with E-state index in [1.54, 1.807) is 0 Å². The number of hydrogen-bond donors (Lipinski definition) is 1.